The summed E-state index contributed by atoms with van der Waals surface area (Å²) in [5, 5.41) is 3.67. The Morgan fingerprint density at radius 1 is 1.24 bits per heavy atom. The lowest BCUT2D eigenvalue weighted by Crippen LogP contribution is -2.41. The van der Waals surface area contributed by atoms with Crippen LogP contribution >= 0.6 is 11.6 Å². The van der Waals surface area contributed by atoms with E-state index in [0.717, 1.165) is 18.8 Å². The van der Waals surface area contributed by atoms with Crippen molar-refractivity contribution in [3.8, 4) is 0 Å². The number of rotatable bonds is 7. The first kappa shape index (κ1) is 15.3. The third-order valence-electron chi connectivity index (χ3n) is 3.68. The van der Waals surface area contributed by atoms with Gasteiger partial charge in [0.25, 0.3) is 0 Å². The van der Waals surface area contributed by atoms with Gasteiger partial charge in [0.05, 0.1) is 0 Å². The number of hydrogen-bond acceptors (Lipinski definition) is 2. The van der Waals surface area contributed by atoms with Crippen molar-refractivity contribution in [3.05, 3.63) is 0 Å². The monoisotopic (exact) mass is 260 g/mol. The van der Waals surface area contributed by atoms with E-state index in [1.807, 2.05) is 0 Å². The fourth-order valence-corrected chi connectivity index (χ4v) is 2.75. The highest BCUT2D eigenvalue weighted by atomic mass is 35.5. The van der Waals surface area contributed by atoms with Gasteiger partial charge >= 0.3 is 0 Å². The minimum Gasteiger partial charge on any atom is -0.313 e. The third-order valence-corrected chi connectivity index (χ3v) is 3.90. The van der Waals surface area contributed by atoms with Crippen molar-refractivity contribution in [2.24, 2.45) is 5.41 Å². The first-order valence-electron chi connectivity index (χ1n) is 7.06. The molecule has 0 aromatic heterocycles. The highest BCUT2D eigenvalue weighted by Crippen LogP contribution is 2.22. The molecule has 0 bridgehead atoms. The molecule has 1 aliphatic rings. The molecule has 0 spiro atoms. The topological polar surface area (TPSA) is 15.3 Å². The van der Waals surface area contributed by atoms with Crippen LogP contribution in [0.4, 0.5) is 0 Å². The van der Waals surface area contributed by atoms with Gasteiger partial charge in [-0.2, -0.15) is 0 Å². The molecule has 1 saturated heterocycles. The lowest BCUT2D eigenvalue weighted by atomic mass is 9.85. The molecular weight excluding hydrogens is 232 g/mol. The largest absolute Gasteiger partial charge is 0.313 e. The molecule has 1 fully saturated rings. The maximum atomic E-state index is 5.87. The summed E-state index contributed by atoms with van der Waals surface area (Å²) in [6, 6.07) is 0.540. The molecule has 1 N–H and O–H groups in total. The zero-order valence-corrected chi connectivity index (χ0v) is 12.5. The SMILES string of the molecule is CC(C)(C)C(CCCl)NCCCN1CCCC1. The smallest absolute Gasteiger partial charge is 0.0238 e. The van der Waals surface area contributed by atoms with Crippen LogP contribution in [0.1, 0.15) is 46.5 Å². The van der Waals surface area contributed by atoms with E-state index in [1.54, 1.807) is 0 Å². The number of nitrogens with zero attached hydrogens (tertiary/aromatic N) is 1. The first-order valence-corrected chi connectivity index (χ1v) is 7.59. The van der Waals surface area contributed by atoms with Gasteiger partial charge in [-0.1, -0.05) is 20.8 Å². The lowest BCUT2D eigenvalue weighted by Gasteiger charge is -2.31. The van der Waals surface area contributed by atoms with E-state index < -0.39 is 0 Å². The minimum absolute atomic E-state index is 0.308. The second-order valence-electron chi connectivity index (χ2n) is 6.25. The van der Waals surface area contributed by atoms with Crippen molar-refractivity contribution in [2.75, 3.05) is 32.1 Å². The predicted octanol–water partition coefficient (Wildman–Crippen LogP) is 3.11. The highest BCUT2D eigenvalue weighted by molar-refractivity contribution is 6.17. The average Bonchev–Trinajstić information content (AvgIpc) is 2.74. The third kappa shape index (κ3) is 6.08. The van der Waals surface area contributed by atoms with E-state index in [4.69, 9.17) is 11.6 Å². The molecule has 0 radical (unpaired) electrons. The second-order valence-corrected chi connectivity index (χ2v) is 6.63. The zero-order valence-electron chi connectivity index (χ0n) is 11.8. The summed E-state index contributed by atoms with van der Waals surface area (Å²) in [6.07, 6.45) is 5.11. The van der Waals surface area contributed by atoms with Crippen LogP contribution in [0.2, 0.25) is 0 Å². The molecule has 1 aliphatic heterocycles. The van der Waals surface area contributed by atoms with Gasteiger partial charge in [0.2, 0.25) is 0 Å². The number of alkyl halides is 1. The summed E-state index contributed by atoms with van der Waals surface area (Å²) in [4.78, 5) is 2.58. The van der Waals surface area contributed by atoms with Gasteiger partial charge < -0.3 is 10.2 Å². The van der Waals surface area contributed by atoms with Crippen LogP contribution in [0.3, 0.4) is 0 Å². The standard InChI is InChI=1S/C14H29ClN2/c1-14(2,3)13(7-8-15)16-9-6-12-17-10-4-5-11-17/h13,16H,4-12H2,1-3H3. The first-order chi connectivity index (χ1) is 8.04. The van der Waals surface area contributed by atoms with Crippen LogP contribution in [-0.2, 0) is 0 Å². The van der Waals surface area contributed by atoms with Crippen LogP contribution in [0.25, 0.3) is 0 Å². The molecule has 17 heavy (non-hydrogen) atoms. The Balaban J connectivity index is 2.13. The van der Waals surface area contributed by atoms with Crippen LogP contribution < -0.4 is 5.32 Å². The zero-order chi connectivity index (χ0) is 12.7. The molecule has 0 saturated carbocycles. The van der Waals surface area contributed by atoms with Gasteiger partial charge in [-0.3, -0.25) is 0 Å². The minimum atomic E-state index is 0.308. The van der Waals surface area contributed by atoms with E-state index in [1.165, 1.54) is 38.9 Å². The summed E-state index contributed by atoms with van der Waals surface area (Å²) in [7, 11) is 0. The van der Waals surface area contributed by atoms with E-state index in [2.05, 4.69) is 31.0 Å². The van der Waals surface area contributed by atoms with E-state index in [9.17, 15) is 0 Å². The Labute approximate surface area is 112 Å². The number of likely N-dealkylation sites (tertiary alicyclic amines) is 1. The van der Waals surface area contributed by atoms with Gasteiger partial charge in [-0.15, -0.1) is 11.6 Å². The number of nitrogens with one attached hydrogen (secondary N) is 1. The van der Waals surface area contributed by atoms with Crippen LogP contribution in [0.5, 0.6) is 0 Å². The maximum absolute atomic E-state index is 5.87. The summed E-state index contributed by atoms with van der Waals surface area (Å²) in [6.45, 7) is 11.9. The van der Waals surface area contributed by atoms with E-state index in [-0.39, 0.29) is 0 Å². The Morgan fingerprint density at radius 2 is 1.88 bits per heavy atom. The summed E-state index contributed by atoms with van der Waals surface area (Å²) in [5.41, 5.74) is 0.308. The van der Waals surface area contributed by atoms with Crippen molar-refractivity contribution in [3.63, 3.8) is 0 Å². The van der Waals surface area contributed by atoms with Crippen molar-refractivity contribution in [1.29, 1.82) is 0 Å². The second kappa shape index (κ2) is 7.60. The Morgan fingerprint density at radius 3 is 2.41 bits per heavy atom. The van der Waals surface area contributed by atoms with Crippen LogP contribution in [-0.4, -0.2) is 43.0 Å². The van der Waals surface area contributed by atoms with Crippen LogP contribution in [0.15, 0.2) is 0 Å². The molecular formula is C14H29ClN2. The number of halogens is 1. The van der Waals surface area contributed by atoms with Crippen molar-refractivity contribution in [2.45, 2.75) is 52.5 Å². The Hall–Kier alpha value is 0.210. The highest BCUT2D eigenvalue weighted by Gasteiger charge is 2.23. The summed E-state index contributed by atoms with van der Waals surface area (Å²) < 4.78 is 0. The predicted molar refractivity (Wildman–Crippen MR) is 76.9 cm³/mol. The summed E-state index contributed by atoms with van der Waals surface area (Å²) in [5.74, 6) is 0.751. The molecule has 0 amide bonds. The normalized spacial score (nSPS) is 19.8. The van der Waals surface area contributed by atoms with Gasteiger partial charge in [0.15, 0.2) is 0 Å². The van der Waals surface area contributed by atoms with Gasteiger partial charge in [0.1, 0.15) is 0 Å². The van der Waals surface area contributed by atoms with Gasteiger partial charge in [-0.05, 0) is 57.3 Å². The number of hydrogen-bond donors (Lipinski definition) is 1. The average molecular weight is 261 g/mol. The molecule has 2 nitrogen and oxygen atoms in total. The summed E-state index contributed by atoms with van der Waals surface area (Å²) >= 11 is 5.87. The molecule has 1 rings (SSSR count). The van der Waals surface area contributed by atoms with Crippen molar-refractivity contribution in [1.82, 2.24) is 10.2 Å². The van der Waals surface area contributed by atoms with Gasteiger partial charge in [0, 0.05) is 11.9 Å². The molecule has 1 heterocycles. The molecule has 0 aromatic rings. The lowest BCUT2D eigenvalue weighted by molar-refractivity contribution is 0.254. The quantitative estimate of drug-likeness (QED) is 0.559. The molecule has 3 heteroatoms. The van der Waals surface area contributed by atoms with Gasteiger partial charge in [-0.25, -0.2) is 0 Å². The van der Waals surface area contributed by atoms with E-state index >= 15 is 0 Å². The molecule has 0 aromatic carbocycles. The molecule has 0 aliphatic carbocycles. The van der Waals surface area contributed by atoms with Crippen molar-refractivity contribution < 1.29 is 0 Å². The Kier molecular flexibility index (Phi) is 6.83. The van der Waals surface area contributed by atoms with Crippen LogP contribution in [0, 0.1) is 5.41 Å². The molecule has 102 valence electrons. The fourth-order valence-electron chi connectivity index (χ4n) is 2.54. The fraction of sp³-hybridized carbons (Fsp3) is 1.00. The van der Waals surface area contributed by atoms with E-state index in [0.29, 0.717) is 11.5 Å². The maximum Gasteiger partial charge on any atom is 0.0238 e. The molecule has 1 unspecified atom stereocenters. The molecule has 1 atom stereocenters. The van der Waals surface area contributed by atoms with Crippen molar-refractivity contribution >= 4 is 11.6 Å². The Bertz CT molecular complexity index is 195.